The van der Waals surface area contributed by atoms with Gasteiger partial charge in [0.15, 0.2) is 5.96 Å². The van der Waals surface area contributed by atoms with E-state index in [0.717, 1.165) is 28.2 Å². The number of nitrogens with zero attached hydrogens (tertiary/aromatic N) is 2. The number of nitrogens with one attached hydrogen (secondary N) is 2. The third-order valence-electron chi connectivity index (χ3n) is 5.01. The smallest absolute Gasteiger partial charge is 0.213 e. The Bertz CT molecular complexity index is 1030. The van der Waals surface area contributed by atoms with E-state index in [1.165, 1.54) is 0 Å². The van der Waals surface area contributed by atoms with E-state index < -0.39 is 5.60 Å². The van der Waals surface area contributed by atoms with Gasteiger partial charge in [-0.05, 0) is 51.0 Å². The highest BCUT2D eigenvalue weighted by molar-refractivity contribution is 5.79. The third-order valence-corrected chi connectivity index (χ3v) is 5.01. The first kappa shape index (κ1) is 23.3. The van der Waals surface area contributed by atoms with Gasteiger partial charge in [-0.3, -0.25) is 0 Å². The fraction of sp³-hybridized carbons (Fsp3) is 0.360. The van der Waals surface area contributed by atoms with Crippen molar-refractivity contribution in [2.75, 3.05) is 13.1 Å². The minimum atomic E-state index is -1.09. The van der Waals surface area contributed by atoms with Crippen molar-refractivity contribution in [3.8, 4) is 5.88 Å². The van der Waals surface area contributed by atoms with Crippen LogP contribution in [0.1, 0.15) is 42.1 Å². The lowest BCUT2D eigenvalue weighted by atomic mass is 9.96. The molecule has 7 nitrogen and oxygen atoms in total. The van der Waals surface area contributed by atoms with Crippen molar-refractivity contribution in [1.29, 1.82) is 0 Å². The van der Waals surface area contributed by atoms with E-state index >= 15 is 0 Å². The summed E-state index contributed by atoms with van der Waals surface area (Å²) >= 11 is 0. The van der Waals surface area contributed by atoms with Crippen LogP contribution in [0.4, 0.5) is 0 Å². The maximum atomic E-state index is 10.9. The molecule has 0 fully saturated rings. The van der Waals surface area contributed by atoms with Crippen LogP contribution >= 0.6 is 0 Å². The van der Waals surface area contributed by atoms with Crippen molar-refractivity contribution < 1.29 is 14.3 Å². The zero-order chi connectivity index (χ0) is 23.0. The van der Waals surface area contributed by atoms with Crippen molar-refractivity contribution in [1.82, 2.24) is 15.6 Å². The largest absolute Gasteiger partial charge is 0.473 e. The second kappa shape index (κ2) is 10.8. The molecule has 7 heteroatoms. The second-order valence-electron chi connectivity index (χ2n) is 7.93. The predicted molar refractivity (Wildman–Crippen MR) is 126 cm³/mol. The molecule has 3 rings (SSSR count). The van der Waals surface area contributed by atoms with Gasteiger partial charge >= 0.3 is 0 Å². The molecule has 2 heterocycles. The van der Waals surface area contributed by atoms with E-state index in [1.807, 2.05) is 69.3 Å². The van der Waals surface area contributed by atoms with Crippen LogP contribution in [0.15, 0.2) is 64.1 Å². The van der Waals surface area contributed by atoms with Crippen LogP contribution in [-0.4, -0.2) is 29.1 Å². The number of pyridine rings is 1. The summed E-state index contributed by atoms with van der Waals surface area (Å²) in [5, 5.41) is 17.4. The summed E-state index contributed by atoms with van der Waals surface area (Å²) in [5.74, 6) is 2.68. The summed E-state index contributed by atoms with van der Waals surface area (Å²) in [4.78, 5) is 8.93. The van der Waals surface area contributed by atoms with Gasteiger partial charge < -0.3 is 24.9 Å². The van der Waals surface area contributed by atoms with Crippen molar-refractivity contribution in [2.24, 2.45) is 4.99 Å². The lowest BCUT2D eigenvalue weighted by Crippen LogP contribution is -2.44. The number of furan rings is 1. The van der Waals surface area contributed by atoms with Gasteiger partial charge in [-0.1, -0.05) is 30.3 Å². The molecule has 3 aromatic rings. The zero-order valence-electron chi connectivity index (χ0n) is 19.2. The van der Waals surface area contributed by atoms with Crippen molar-refractivity contribution in [3.63, 3.8) is 0 Å². The van der Waals surface area contributed by atoms with Gasteiger partial charge in [0.2, 0.25) is 5.88 Å². The second-order valence-corrected chi connectivity index (χ2v) is 7.93. The Morgan fingerprint density at radius 2 is 1.91 bits per heavy atom. The molecule has 0 aliphatic rings. The first-order valence-electron chi connectivity index (χ1n) is 10.8. The molecule has 1 atom stereocenters. The molecule has 3 N–H and O–H groups in total. The standard InChI is InChI=1S/C25H32N4O3/c1-5-26-24(29-17-25(4,30)22-13-18(2)32-19(22)3)28-15-21-11-12-27-23(14-21)31-16-20-9-7-6-8-10-20/h6-14,30H,5,15-17H2,1-4H3,(H2,26,28,29). The molecule has 0 saturated carbocycles. The summed E-state index contributed by atoms with van der Waals surface area (Å²) in [6, 6.07) is 15.7. The summed E-state index contributed by atoms with van der Waals surface area (Å²) in [5.41, 5.74) is 1.75. The summed E-state index contributed by atoms with van der Waals surface area (Å²) in [7, 11) is 0. The van der Waals surface area contributed by atoms with Gasteiger partial charge in [0.1, 0.15) is 23.7 Å². The maximum Gasteiger partial charge on any atom is 0.213 e. The zero-order valence-corrected chi connectivity index (χ0v) is 19.2. The maximum absolute atomic E-state index is 10.9. The van der Waals surface area contributed by atoms with E-state index in [-0.39, 0.29) is 0 Å². The Morgan fingerprint density at radius 3 is 2.59 bits per heavy atom. The van der Waals surface area contributed by atoms with Gasteiger partial charge in [-0.2, -0.15) is 0 Å². The molecule has 1 unspecified atom stereocenters. The van der Waals surface area contributed by atoms with Gasteiger partial charge in [0.25, 0.3) is 0 Å². The molecule has 0 aliphatic heterocycles. The Kier molecular flexibility index (Phi) is 7.89. The molecule has 0 aliphatic carbocycles. The molecular formula is C25H32N4O3. The number of aryl methyl sites for hydroxylation is 2. The topological polar surface area (TPSA) is 91.9 Å². The Labute approximate surface area is 189 Å². The highest BCUT2D eigenvalue weighted by atomic mass is 16.5. The van der Waals surface area contributed by atoms with Gasteiger partial charge in [-0.25, -0.2) is 9.98 Å². The summed E-state index contributed by atoms with van der Waals surface area (Å²) < 4.78 is 11.4. The van der Waals surface area contributed by atoms with Gasteiger partial charge in [0.05, 0.1) is 13.1 Å². The highest BCUT2D eigenvalue weighted by Crippen LogP contribution is 2.26. The van der Waals surface area contributed by atoms with E-state index in [4.69, 9.17) is 9.15 Å². The van der Waals surface area contributed by atoms with E-state index in [1.54, 1.807) is 13.1 Å². The van der Waals surface area contributed by atoms with Crippen LogP contribution in [0.25, 0.3) is 0 Å². The number of rotatable bonds is 9. The first-order chi connectivity index (χ1) is 15.4. The fourth-order valence-electron chi connectivity index (χ4n) is 3.39. The van der Waals surface area contributed by atoms with Gasteiger partial charge in [-0.15, -0.1) is 0 Å². The van der Waals surface area contributed by atoms with Crippen LogP contribution in [0.5, 0.6) is 5.88 Å². The quantitative estimate of drug-likeness (QED) is 0.349. The van der Waals surface area contributed by atoms with Crippen LogP contribution < -0.4 is 15.4 Å². The average Bonchev–Trinajstić information content (AvgIpc) is 3.14. The van der Waals surface area contributed by atoms with E-state index in [2.05, 4.69) is 20.6 Å². The lowest BCUT2D eigenvalue weighted by Gasteiger charge is -2.24. The number of ether oxygens (including phenoxy) is 1. The molecule has 0 spiro atoms. The van der Waals surface area contributed by atoms with Gasteiger partial charge in [0, 0.05) is 24.4 Å². The van der Waals surface area contributed by atoms with Crippen LogP contribution in [0, 0.1) is 13.8 Å². The summed E-state index contributed by atoms with van der Waals surface area (Å²) in [6.45, 7) is 9.41. The molecule has 1 aromatic carbocycles. The molecule has 0 amide bonds. The Hall–Kier alpha value is -3.32. The lowest BCUT2D eigenvalue weighted by molar-refractivity contribution is 0.0601. The SMILES string of the molecule is CCNC(=NCc1ccnc(OCc2ccccc2)c1)NCC(C)(O)c1cc(C)oc1C. The normalized spacial score (nSPS) is 13.5. The number of aliphatic hydroxyl groups is 1. The fourth-order valence-corrected chi connectivity index (χ4v) is 3.39. The Balaban J connectivity index is 1.61. The van der Waals surface area contributed by atoms with Crippen LogP contribution in [0.3, 0.4) is 0 Å². The number of aromatic nitrogens is 1. The number of aliphatic imine (C=N–C) groups is 1. The van der Waals surface area contributed by atoms with Crippen LogP contribution in [-0.2, 0) is 18.8 Å². The molecule has 32 heavy (non-hydrogen) atoms. The van der Waals surface area contributed by atoms with Crippen molar-refractivity contribution in [3.05, 3.63) is 82.9 Å². The number of benzene rings is 1. The molecule has 0 saturated heterocycles. The minimum absolute atomic E-state index is 0.292. The van der Waals surface area contributed by atoms with E-state index in [9.17, 15) is 5.11 Å². The number of guanidine groups is 1. The van der Waals surface area contributed by atoms with Crippen molar-refractivity contribution >= 4 is 5.96 Å². The molecule has 170 valence electrons. The van der Waals surface area contributed by atoms with E-state index in [0.29, 0.717) is 38.1 Å². The molecule has 0 bridgehead atoms. The molecular weight excluding hydrogens is 404 g/mol. The predicted octanol–water partition coefficient (Wildman–Crippen LogP) is 3.83. The Morgan fingerprint density at radius 1 is 1.12 bits per heavy atom. The monoisotopic (exact) mass is 436 g/mol. The highest BCUT2D eigenvalue weighted by Gasteiger charge is 2.27. The third kappa shape index (κ3) is 6.59. The first-order valence-corrected chi connectivity index (χ1v) is 10.8. The number of hydrogen-bond donors (Lipinski definition) is 3. The molecule has 0 radical (unpaired) electrons. The van der Waals surface area contributed by atoms with Crippen LogP contribution in [0.2, 0.25) is 0 Å². The molecule has 2 aromatic heterocycles. The summed E-state index contributed by atoms with van der Waals surface area (Å²) in [6.07, 6.45) is 1.72. The van der Waals surface area contributed by atoms with Crippen molar-refractivity contribution in [2.45, 2.75) is 46.4 Å². The average molecular weight is 437 g/mol. The minimum Gasteiger partial charge on any atom is -0.473 e. The number of hydrogen-bond acceptors (Lipinski definition) is 5.